The summed E-state index contributed by atoms with van der Waals surface area (Å²) in [6.45, 7) is 5.20. The summed E-state index contributed by atoms with van der Waals surface area (Å²) in [4.78, 5) is 23.2. The number of carbonyl (C=O) groups excluding carboxylic acids is 1. The van der Waals surface area contributed by atoms with E-state index in [2.05, 4.69) is 11.9 Å². The van der Waals surface area contributed by atoms with Gasteiger partial charge >= 0.3 is 12.0 Å². The van der Waals surface area contributed by atoms with Crippen LogP contribution in [0.4, 0.5) is 4.79 Å². The molecule has 0 aliphatic carbocycles. The zero-order valence-corrected chi connectivity index (χ0v) is 10.8. The molecule has 0 aromatic rings. The lowest BCUT2D eigenvalue weighted by Crippen LogP contribution is -2.45. The van der Waals surface area contributed by atoms with Gasteiger partial charge in [-0.25, -0.2) is 4.79 Å². The number of urea groups is 1. The average Bonchev–Trinajstić information content (AvgIpc) is 2.23. The molecule has 17 heavy (non-hydrogen) atoms. The molecular formula is C10H18N2O4S. The van der Waals surface area contributed by atoms with Crippen LogP contribution in [0.1, 0.15) is 6.92 Å². The summed E-state index contributed by atoms with van der Waals surface area (Å²) in [6.07, 6.45) is 3.00. The first-order valence-corrected chi connectivity index (χ1v) is 6.68. The Hall–Kier alpha value is -1.37. The molecule has 0 spiro atoms. The Morgan fingerprint density at radius 3 is 2.59 bits per heavy atom. The molecule has 0 aromatic heterocycles. The third-order valence-corrected chi connectivity index (χ3v) is 3.37. The van der Waals surface area contributed by atoms with Crippen molar-refractivity contribution < 1.29 is 18.9 Å². The lowest BCUT2D eigenvalue weighted by molar-refractivity contribution is -0.137. The standard InChI is InChI=1S/C10H18N2O4S/c1-4-5-12(7-9(13)14)10(15)11-6-8(2)17(3)16/h4,8H,1,5-7H2,2-3H3,(H,11,15)(H,13,14). The van der Waals surface area contributed by atoms with Gasteiger partial charge in [-0.2, -0.15) is 0 Å². The van der Waals surface area contributed by atoms with E-state index in [0.717, 1.165) is 4.90 Å². The molecule has 2 atom stereocenters. The Morgan fingerprint density at radius 1 is 1.59 bits per heavy atom. The minimum atomic E-state index is -1.09. The maximum absolute atomic E-state index is 11.6. The van der Waals surface area contributed by atoms with Crippen molar-refractivity contribution in [2.45, 2.75) is 12.2 Å². The maximum atomic E-state index is 11.6. The fourth-order valence-electron chi connectivity index (χ4n) is 0.999. The minimum absolute atomic E-state index is 0.154. The van der Waals surface area contributed by atoms with E-state index in [1.54, 1.807) is 13.2 Å². The summed E-state index contributed by atoms with van der Waals surface area (Å²) >= 11 is 0. The van der Waals surface area contributed by atoms with Gasteiger partial charge in [0.2, 0.25) is 0 Å². The number of carboxylic acids is 1. The Morgan fingerprint density at radius 2 is 2.18 bits per heavy atom. The van der Waals surface area contributed by atoms with Gasteiger partial charge in [-0.05, 0) is 6.92 Å². The molecule has 0 aliphatic heterocycles. The third-order valence-electron chi connectivity index (χ3n) is 2.07. The van der Waals surface area contributed by atoms with E-state index in [1.165, 1.54) is 6.08 Å². The van der Waals surface area contributed by atoms with Crippen molar-refractivity contribution in [2.75, 3.05) is 25.9 Å². The van der Waals surface area contributed by atoms with Gasteiger partial charge < -0.3 is 15.3 Å². The second kappa shape index (κ2) is 7.83. The molecule has 0 saturated heterocycles. The molecule has 0 saturated carbocycles. The van der Waals surface area contributed by atoms with E-state index in [9.17, 15) is 13.8 Å². The van der Waals surface area contributed by atoms with E-state index in [0.29, 0.717) is 0 Å². The molecule has 2 unspecified atom stereocenters. The zero-order chi connectivity index (χ0) is 13.4. The quantitative estimate of drug-likeness (QED) is 0.634. The van der Waals surface area contributed by atoms with E-state index >= 15 is 0 Å². The first kappa shape index (κ1) is 15.6. The molecule has 2 amide bonds. The van der Waals surface area contributed by atoms with Gasteiger partial charge in [0, 0.05) is 35.4 Å². The molecular weight excluding hydrogens is 244 g/mol. The number of nitrogens with zero attached hydrogens (tertiary/aromatic N) is 1. The van der Waals surface area contributed by atoms with Crippen LogP contribution < -0.4 is 5.32 Å². The van der Waals surface area contributed by atoms with Crippen molar-refractivity contribution in [3.8, 4) is 0 Å². The molecule has 0 aliphatic rings. The molecule has 2 N–H and O–H groups in total. The smallest absolute Gasteiger partial charge is 0.323 e. The van der Waals surface area contributed by atoms with E-state index in [1.807, 2.05) is 0 Å². The summed E-state index contributed by atoms with van der Waals surface area (Å²) in [5.41, 5.74) is 0. The molecule has 0 aromatic carbocycles. The van der Waals surface area contributed by atoms with Crippen molar-refractivity contribution in [1.82, 2.24) is 10.2 Å². The largest absolute Gasteiger partial charge is 0.480 e. The number of hydrogen-bond donors (Lipinski definition) is 2. The van der Waals surface area contributed by atoms with Crippen molar-refractivity contribution >= 4 is 22.8 Å². The molecule has 6 nitrogen and oxygen atoms in total. The average molecular weight is 262 g/mol. The fourth-order valence-corrected chi connectivity index (χ4v) is 1.32. The molecule has 7 heteroatoms. The zero-order valence-electron chi connectivity index (χ0n) is 10.0. The normalized spacial score (nSPS) is 13.5. The monoisotopic (exact) mass is 262 g/mol. The highest BCUT2D eigenvalue weighted by atomic mass is 32.2. The van der Waals surface area contributed by atoms with Crippen LogP contribution in [0.2, 0.25) is 0 Å². The number of nitrogens with one attached hydrogen (secondary N) is 1. The Kier molecular flexibility index (Phi) is 7.20. The summed E-state index contributed by atoms with van der Waals surface area (Å²) in [6, 6.07) is -0.496. The fraction of sp³-hybridized carbons (Fsp3) is 0.600. The van der Waals surface area contributed by atoms with E-state index < -0.39 is 22.8 Å². The van der Waals surface area contributed by atoms with Crippen LogP contribution >= 0.6 is 0 Å². The molecule has 0 heterocycles. The van der Waals surface area contributed by atoms with Gasteiger partial charge in [0.1, 0.15) is 6.54 Å². The Balaban J connectivity index is 4.27. The van der Waals surface area contributed by atoms with Crippen LogP contribution in [0.15, 0.2) is 12.7 Å². The maximum Gasteiger partial charge on any atom is 0.323 e. The van der Waals surface area contributed by atoms with Gasteiger partial charge in [0.05, 0.1) is 0 Å². The first-order chi connectivity index (χ1) is 7.88. The molecule has 0 fully saturated rings. The van der Waals surface area contributed by atoms with Crippen LogP contribution in [-0.2, 0) is 15.6 Å². The van der Waals surface area contributed by atoms with Crippen LogP contribution in [0.25, 0.3) is 0 Å². The predicted octanol–water partition coefficient (Wildman–Crippen LogP) is 0.0356. The van der Waals surface area contributed by atoms with Crippen LogP contribution in [0, 0.1) is 0 Å². The molecule has 0 radical (unpaired) electrons. The highest BCUT2D eigenvalue weighted by Crippen LogP contribution is 1.94. The highest BCUT2D eigenvalue weighted by Gasteiger charge is 2.16. The van der Waals surface area contributed by atoms with Crippen molar-refractivity contribution in [3.63, 3.8) is 0 Å². The lowest BCUT2D eigenvalue weighted by atomic mass is 10.4. The summed E-state index contributed by atoms with van der Waals surface area (Å²) in [5.74, 6) is -1.09. The van der Waals surface area contributed by atoms with Crippen LogP contribution in [0.3, 0.4) is 0 Å². The van der Waals surface area contributed by atoms with Crippen molar-refractivity contribution in [3.05, 3.63) is 12.7 Å². The number of aliphatic carboxylic acids is 1. The van der Waals surface area contributed by atoms with Gasteiger partial charge in [-0.1, -0.05) is 6.08 Å². The highest BCUT2D eigenvalue weighted by molar-refractivity contribution is 7.84. The Labute approximate surface area is 103 Å². The van der Waals surface area contributed by atoms with Gasteiger partial charge in [-0.3, -0.25) is 9.00 Å². The third kappa shape index (κ3) is 6.72. The molecule has 98 valence electrons. The molecule has 0 bridgehead atoms. The summed E-state index contributed by atoms with van der Waals surface area (Å²) < 4.78 is 11.1. The van der Waals surface area contributed by atoms with Crippen LogP contribution in [0.5, 0.6) is 0 Å². The Bertz CT molecular complexity index is 319. The van der Waals surface area contributed by atoms with E-state index in [-0.39, 0.29) is 24.9 Å². The predicted molar refractivity (Wildman–Crippen MR) is 66.3 cm³/mol. The SMILES string of the molecule is C=CCN(CC(=O)O)C(=O)NCC(C)S(C)=O. The number of hydrogen-bond acceptors (Lipinski definition) is 3. The summed E-state index contributed by atoms with van der Waals surface area (Å²) in [5, 5.41) is 11.0. The number of rotatable bonds is 7. The minimum Gasteiger partial charge on any atom is -0.480 e. The second-order valence-electron chi connectivity index (χ2n) is 3.56. The summed E-state index contributed by atoms with van der Waals surface area (Å²) in [7, 11) is -1.02. The first-order valence-electron chi connectivity index (χ1n) is 5.06. The molecule has 0 rings (SSSR count). The van der Waals surface area contributed by atoms with Crippen molar-refractivity contribution in [1.29, 1.82) is 0 Å². The van der Waals surface area contributed by atoms with Gasteiger partial charge in [0.25, 0.3) is 0 Å². The van der Waals surface area contributed by atoms with E-state index in [4.69, 9.17) is 5.11 Å². The number of amides is 2. The number of carboxylic acid groups (broad SMARTS) is 1. The lowest BCUT2D eigenvalue weighted by Gasteiger charge is -2.20. The second-order valence-corrected chi connectivity index (χ2v) is 5.36. The van der Waals surface area contributed by atoms with Gasteiger partial charge in [0.15, 0.2) is 0 Å². The van der Waals surface area contributed by atoms with Gasteiger partial charge in [-0.15, -0.1) is 6.58 Å². The number of carbonyl (C=O) groups is 2. The van der Waals surface area contributed by atoms with Crippen molar-refractivity contribution in [2.24, 2.45) is 0 Å². The topological polar surface area (TPSA) is 86.7 Å². The van der Waals surface area contributed by atoms with Crippen LogP contribution in [-0.4, -0.2) is 57.4 Å².